The molecular weight excluding hydrogens is 566 g/mol. The van der Waals surface area contributed by atoms with Gasteiger partial charge in [-0.3, -0.25) is 14.4 Å². The largest absolute Gasteiger partial charge is 0.394 e. The van der Waals surface area contributed by atoms with Gasteiger partial charge in [-0.1, -0.05) is 65.3 Å². The molecular formula is C29H38BrN3O4S. The van der Waals surface area contributed by atoms with Crippen LogP contribution in [0.5, 0.6) is 0 Å². The number of carbonyl (C=O) groups is 3. The van der Waals surface area contributed by atoms with Gasteiger partial charge in [0.2, 0.25) is 17.7 Å². The first-order valence-corrected chi connectivity index (χ1v) is 15.1. The molecule has 3 unspecified atom stereocenters. The molecule has 38 heavy (non-hydrogen) atoms. The number of halogens is 1. The van der Waals surface area contributed by atoms with Crippen molar-refractivity contribution in [1.82, 2.24) is 14.7 Å². The number of carbonyl (C=O) groups excluding carboxylic acids is 3. The standard InChI is InChI=1S/C29H38BrN3O4S/c1-5-13-31(14-6-2)26(35)22-23-27(36)33(19(4)18-34)25(29(23)16-21(30)24(22)38-29)28(37)32(15-7-3)17-20-11-9-8-10-12-20/h5,7-12,19,21-25,34H,1,3,6,13-18H2,2,4H3/t19-,21?,22-,23+,24-,25?,29?/m1/s1. The Kier molecular flexibility index (Phi) is 9.10. The van der Waals surface area contributed by atoms with E-state index in [1.807, 2.05) is 37.3 Å². The number of nitrogens with zero attached hydrogens (tertiary/aromatic N) is 3. The first kappa shape index (κ1) is 28.9. The Bertz CT molecular complexity index is 1070. The first-order chi connectivity index (χ1) is 18.2. The summed E-state index contributed by atoms with van der Waals surface area (Å²) < 4.78 is -0.751. The Morgan fingerprint density at radius 3 is 2.47 bits per heavy atom. The number of amides is 3. The van der Waals surface area contributed by atoms with Crippen molar-refractivity contribution in [2.75, 3.05) is 26.2 Å². The summed E-state index contributed by atoms with van der Waals surface area (Å²) in [5.74, 6) is -1.57. The third-order valence-electron chi connectivity index (χ3n) is 8.02. The molecule has 3 aliphatic heterocycles. The quantitative estimate of drug-likeness (QED) is 0.292. The molecule has 3 amide bonds. The van der Waals surface area contributed by atoms with Gasteiger partial charge in [0.25, 0.3) is 0 Å². The van der Waals surface area contributed by atoms with E-state index in [1.165, 1.54) is 0 Å². The molecule has 1 aromatic rings. The lowest BCUT2D eigenvalue weighted by Gasteiger charge is -2.39. The zero-order chi connectivity index (χ0) is 27.6. The molecule has 2 bridgehead atoms. The number of thioether (sulfide) groups is 1. The Labute approximate surface area is 238 Å². The summed E-state index contributed by atoms with van der Waals surface area (Å²) in [7, 11) is 0. The van der Waals surface area contributed by atoms with E-state index in [-0.39, 0.29) is 34.4 Å². The van der Waals surface area contributed by atoms with Crippen LogP contribution in [-0.4, -0.2) is 90.7 Å². The van der Waals surface area contributed by atoms with E-state index < -0.39 is 28.7 Å². The van der Waals surface area contributed by atoms with Crippen LogP contribution < -0.4 is 0 Å². The molecule has 3 saturated heterocycles. The van der Waals surface area contributed by atoms with E-state index in [1.54, 1.807) is 45.5 Å². The van der Waals surface area contributed by atoms with Crippen LogP contribution in [0.25, 0.3) is 0 Å². The van der Waals surface area contributed by atoms with Gasteiger partial charge < -0.3 is 19.8 Å². The third-order valence-corrected chi connectivity index (χ3v) is 11.2. The highest BCUT2D eigenvalue weighted by molar-refractivity contribution is 9.09. The molecule has 3 fully saturated rings. The summed E-state index contributed by atoms with van der Waals surface area (Å²) in [6, 6.07) is 8.41. The number of fused-ring (bicyclic) bond motifs is 1. The number of aliphatic hydroxyl groups excluding tert-OH is 1. The number of alkyl halides is 1. The van der Waals surface area contributed by atoms with Gasteiger partial charge in [-0.05, 0) is 25.3 Å². The maximum Gasteiger partial charge on any atom is 0.247 e. The van der Waals surface area contributed by atoms with Gasteiger partial charge in [-0.15, -0.1) is 24.9 Å². The Morgan fingerprint density at radius 1 is 1.21 bits per heavy atom. The number of rotatable bonds is 12. The molecule has 9 heteroatoms. The molecule has 0 saturated carbocycles. The smallest absolute Gasteiger partial charge is 0.247 e. The number of likely N-dealkylation sites (tertiary alicyclic amines) is 1. The molecule has 0 aromatic heterocycles. The van der Waals surface area contributed by atoms with Crippen LogP contribution in [0.1, 0.15) is 32.3 Å². The van der Waals surface area contributed by atoms with Crippen LogP contribution in [0, 0.1) is 11.8 Å². The van der Waals surface area contributed by atoms with Gasteiger partial charge >= 0.3 is 0 Å². The Hall–Kier alpha value is -2.10. The van der Waals surface area contributed by atoms with E-state index in [0.29, 0.717) is 32.6 Å². The minimum atomic E-state index is -0.780. The SMILES string of the molecule is C=CCN(Cc1ccccc1)C(=O)C1N([C@H](C)CO)C(=O)[C@@H]2[C@@H](C(=O)N(CC=C)CCC)[C@@H]3SC12CC3Br. The predicted molar refractivity (Wildman–Crippen MR) is 155 cm³/mol. The molecule has 1 spiro atoms. The summed E-state index contributed by atoms with van der Waals surface area (Å²) >= 11 is 5.45. The second kappa shape index (κ2) is 12.0. The molecule has 0 radical (unpaired) electrons. The third kappa shape index (κ3) is 4.86. The summed E-state index contributed by atoms with van der Waals surface area (Å²) in [4.78, 5) is 47.7. The molecule has 3 heterocycles. The fourth-order valence-corrected chi connectivity index (χ4v) is 10.1. The van der Waals surface area contributed by atoms with E-state index in [0.717, 1.165) is 12.0 Å². The Morgan fingerprint density at radius 2 is 1.87 bits per heavy atom. The van der Waals surface area contributed by atoms with Crippen molar-refractivity contribution in [3.63, 3.8) is 0 Å². The lowest BCUT2D eigenvalue weighted by atomic mass is 9.70. The van der Waals surface area contributed by atoms with Crippen LogP contribution in [-0.2, 0) is 20.9 Å². The van der Waals surface area contributed by atoms with E-state index in [4.69, 9.17) is 0 Å². The first-order valence-electron chi connectivity index (χ1n) is 13.3. The maximum atomic E-state index is 14.4. The van der Waals surface area contributed by atoms with Gasteiger partial charge in [0.1, 0.15) is 6.04 Å². The summed E-state index contributed by atoms with van der Waals surface area (Å²) in [5, 5.41) is 10.0. The van der Waals surface area contributed by atoms with Crippen LogP contribution in [0.2, 0.25) is 0 Å². The molecule has 7 nitrogen and oxygen atoms in total. The highest BCUT2D eigenvalue weighted by Gasteiger charge is 2.76. The van der Waals surface area contributed by atoms with E-state index in [9.17, 15) is 19.5 Å². The van der Waals surface area contributed by atoms with Crippen molar-refractivity contribution in [3.05, 3.63) is 61.2 Å². The van der Waals surface area contributed by atoms with E-state index in [2.05, 4.69) is 29.1 Å². The number of hydrogen-bond acceptors (Lipinski definition) is 5. The van der Waals surface area contributed by atoms with Gasteiger partial charge in [0.15, 0.2) is 0 Å². The van der Waals surface area contributed by atoms with Crippen LogP contribution >= 0.6 is 27.7 Å². The van der Waals surface area contributed by atoms with Gasteiger partial charge in [-0.2, -0.15) is 0 Å². The summed E-state index contributed by atoms with van der Waals surface area (Å²) in [6.45, 7) is 12.9. The highest BCUT2D eigenvalue weighted by atomic mass is 79.9. The van der Waals surface area contributed by atoms with Crippen LogP contribution in [0.4, 0.5) is 0 Å². The molecule has 7 atom stereocenters. The van der Waals surface area contributed by atoms with E-state index >= 15 is 0 Å². The maximum absolute atomic E-state index is 14.4. The lowest BCUT2D eigenvalue weighted by Crippen LogP contribution is -2.57. The average molecular weight is 605 g/mol. The number of benzene rings is 1. The van der Waals surface area contributed by atoms with Crippen molar-refractivity contribution >= 4 is 45.4 Å². The molecule has 3 aliphatic rings. The molecule has 206 valence electrons. The van der Waals surface area contributed by atoms with Crippen molar-refractivity contribution in [2.24, 2.45) is 11.8 Å². The fraction of sp³-hybridized carbons (Fsp3) is 0.552. The van der Waals surface area contributed by atoms with Crippen molar-refractivity contribution in [2.45, 2.75) is 60.1 Å². The minimum absolute atomic E-state index is 0.000585. The topological polar surface area (TPSA) is 81.2 Å². The van der Waals surface area contributed by atoms with Crippen LogP contribution in [0.3, 0.4) is 0 Å². The lowest BCUT2D eigenvalue weighted by molar-refractivity contribution is -0.146. The van der Waals surface area contributed by atoms with Gasteiger partial charge in [-0.25, -0.2) is 0 Å². The van der Waals surface area contributed by atoms with Crippen molar-refractivity contribution in [1.29, 1.82) is 0 Å². The normalized spacial score (nSPS) is 30.2. The zero-order valence-corrected chi connectivity index (χ0v) is 24.6. The summed E-state index contributed by atoms with van der Waals surface area (Å²) in [5.41, 5.74) is 0.984. The average Bonchev–Trinajstić information content (AvgIpc) is 3.51. The number of aliphatic hydroxyl groups is 1. The molecule has 4 rings (SSSR count). The Balaban J connectivity index is 1.76. The van der Waals surface area contributed by atoms with Gasteiger partial charge in [0.05, 0.1) is 29.2 Å². The monoisotopic (exact) mass is 603 g/mol. The highest BCUT2D eigenvalue weighted by Crippen LogP contribution is 2.68. The molecule has 1 aromatic carbocycles. The second-order valence-electron chi connectivity index (χ2n) is 10.5. The fourth-order valence-electron chi connectivity index (χ4n) is 6.48. The van der Waals surface area contributed by atoms with Crippen LogP contribution in [0.15, 0.2) is 55.6 Å². The molecule has 0 aliphatic carbocycles. The van der Waals surface area contributed by atoms with Gasteiger partial charge in [0, 0.05) is 36.3 Å². The number of hydrogen-bond donors (Lipinski definition) is 1. The minimum Gasteiger partial charge on any atom is -0.394 e. The predicted octanol–water partition coefficient (Wildman–Crippen LogP) is 3.47. The second-order valence-corrected chi connectivity index (χ2v) is 13.2. The zero-order valence-electron chi connectivity index (χ0n) is 22.2. The van der Waals surface area contributed by atoms with Crippen molar-refractivity contribution in [3.8, 4) is 0 Å². The van der Waals surface area contributed by atoms with Crippen molar-refractivity contribution < 1.29 is 19.5 Å². The summed E-state index contributed by atoms with van der Waals surface area (Å²) in [6.07, 6.45) is 4.82. The molecule has 1 N–H and O–H groups in total.